The molecule has 84 valence electrons. The Labute approximate surface area is 96.9 Å². The lowest BCUT2D eigenvalue weighted by Gasteiger charge is -2.01. The van der Waals surface area contributed by atoms with E-state index < -0.39 is 0 Å². The maximum atomic E-state index is 4.63. The molecule has 0 fully saturated rings. The SMILES string of the molecule is CCCc1cc(-c2ccccc2)nn1CC. The van der Waals surface area contributed by atoms with Crippen LogP contribution in [-0.4, -0.2) is 9.78 Å². The maximum absolute atomic E-state index is 4.63. The van der Waals surface area contributed by atoms with Crippen LogP contribution in [0.4, 0.5) is 0 Å². The minimum Gasteiger partial charge on any atom is -0.269 e. The summed E-state index contributed by atoms with van der Waals surface area (Å²) in [4.78, 5) is 0. The Balaban J connectivity index is 2.36. The highest BCUT2D eigenvalue weighted by Crippen LogP contribution is 2.19. The van der Waals surface area contributed by atoms with Crippen LogP contribution < -0.4 is 0 Å². The summed E-state index contributed by atoms with van der Waals surface area (Å²) >= 11 is 0. The molecule has 1 heterocycles. The highest BCUT2D eigenvalue weighted by Gasteiger charge is 2.06. The van der Waals surface area contributed by atoms with Crippen LogP contribution in [-0.2, 0) is 13.0 Å². The Bertz CT molecular complexity index is 443. The van der Waals surface area contributed by atoms with Gasteiger partial charge in [-0.3, -0.25) is 4.68 Å². The van der Waals surface area contributed by atoms with Crippen LogP contribution in [0.25, 0.3) is 11.3 Å². The molecule has 0 radical (unpaired) electrons. The van der Waals surface area contributed by atoms with Gasteiger partial charge in [-0.2, -0.15) is 5.10 Å². The van der Waals surface area contributed by atoms with Crippen molar-refractivity contribution in [2.75, 3.05) is 0 Å². The number of aryl methyl sites for hydroxylation is 2. The van der Waals surface area contributed by atoms with Crippen molar-refractivity contribution in [2.24, 2.45) is 0 Å². The van der Waals surface area contributed by atoms with Gasteiger partial charge in [-0.05, 0) is 19.4 Å². The molecule has 0 spiro atoms. The minimum atomic E-state index is 0.947. The number of rotatable bonds is 4. The zero-order valence-electron chi connectivity index (χ0n) is 9.98. The summed E-state index contributed by atoms with van der Waals surface area (Å²) in [5.41, 5.74) is 3.63. The van der Waals surface area contributed by atoms with Crippen molar-refractivity contribution in [1.29, 1.82) is 0 Å². The van der Waals surface area contributed by atoms with Crippen molar-refractivity contribution in [2.45, 2.75) is 33.2 Å². The normalized spacial score (nSPS) is 10.6. The second kappa shape index (κ2) is 4.97. The quantitative estimate of drug-likeness (QED) is 0.761. The van der Waals surface area contributed by atoms with Crippen molar-refractivity contribution in [3.05, 3.63) is 42.1 Å². The third-order valence-electron chi connectivity index (χ3n) is 2.74. The van der Waals surface area contributed by atoms with Gasteiger partial charge in [-0.1, -0.05) is 43.7 Å². The number of aromatic nitrogens is 2. The minimum absolute atomic E-state index is 0.947. The Morgan fingerprint density at radius 1 is 1.12 bits per heavy atom. The number of hydrogen-bond donors (Lipinski definition) is 0. The van der Waals surface area contributed by atoms with E-state index in [9.17, 15) is 0 Å². The lowest BCUT2D eigenvalue weighted by atomic mass is 10.1. The first-order valence-corrected chi connectivity index (χ1v) is 5.97. The molecule has 0 bridgehead atoms. The molecule has 2 aromatic rings. The molecule has 0 atom stereocenters. The van der Waals surface area contributed by atoms with Gasteiger partial charge in [-0.25, -0.2) is 0 Å². The monoisotopic (exact) mass is 214 g/mol. The summed E-state index contributed by atoms with van der Waals surface area (Å²) in [5, 5.41) is 4.63. The van der Waals surface area contributed by atoms with E-state index in [1.807, 2.05) is 6.07 Å². The molecule has 0 saturated heterocycles. The molecule has 2 rings (SSSR count). The van der Waals surface area contributed by atoms with Gasteiger partial charge in [0.25, 0.3) is 0 Å². The molecule has 0 unspecified atom stereocenters. The van der Waals surface area contributed by atoms with E-state index in [0.717, 1.165) is 18.7 Å². The summed E-state index contributed by atoms with van der Waals surface area (Å²) < 4.78 is 2.10. The summed E-state index contributed by atoms with van der Waals surface area (Å²) in [6, 6.07) is 12.6. The standard InChI is InChI=1S/C14H18N2/c1-3-8-13-11-14(15-16(13)4-2)12-9-6-5-7-10-12/h5-7,9-11H,3-4,8H2,1-2H3. The van der Waals surface area contributed by atoms with Crippen molar-refractivity contribution >= 4 is 0 Å². The van der Waals surface area contributed by atoms with E-state index in [0.29, 0.717) is 0 Å². The molecule has 2 heteroatoms. The second-order valence-electron chi connectivity index (χ2n) is 3.95. The van der Waals surface area contributed by atoms with E-state index >= 15 is 0 Å². The van der Waals surface area contributed by atoms with Crippen LogP contribution in [0.3, 0.4) is 0 Å². The van der Waals surface area contributed by atoms with E-state index in [-0.39, 0.29) is 0 Å². The fourth-order valence-electron chi connectivity index (χ4n) is 1.94. The molecule has 0 amide bonds. The third-order valence-corrected chi connectivity index (χ3v) is 2.74. The van der Waals surface area contributed by atoms with Crippen molar-refractivity contribution in [3.8, 4) is 11.3 Å². The Kier molecular flexibility index (Phi) is 3.40. The maximum Gasteiger partial charge on any atom is 0.0926 e. The number of benzene rings is 1. The summed E-state index contributed by atoms with van der Waals surface area (Å²) in [7, 11) is 0. The molecule has 2 nitrogen and oxygen atoms in total. The van der Waals surface area contributed by atoms with Gasteiger partial charge in [0.05, 0.1) is 5.69 Å². The van der Waals surface area contributed by atoms with Crippen LogP contribution in [0, 0.1) is 0 Å². The molecule has 0 aliphatic rings. The van der Waals surface area contributed by atoms with Gasteiger partial charge in [0.15, 0.2) is 0 Å². The van der Waals surface area contributed by atoms with Gasteiger partial charge in [-0.15, -0.1) is 0 Å². The Hall–Kier alpha value is -1.57. The van der Waals surface area contributed by atoms with E-state index in [1.165, 1.54) is 17.7 Å². The van der Waals surface area contributed by atoms with Crippen molar-refractivity contribution in [3.63, 3.8) is 0 Å². The topological polar surface area (TPSA) is 17.8 Å². The largest absolute Gasteiger partial charge is 0.269 e. The lowest BCUT2D eigenvalue weighted by Crippen LogP contribution is -2.01. The van der Waals surface area contributed by atoms with Crippen LogP contribution >= 0.6 is 0 Å². The first kappa shape index (κ1) is 10.9. The van der Waals surface area contributed by atoms with Gasteiger partial charge >= 0.3 is 0 Å². The van der Waals surface area contributed by atoms with Gasteiger partial charge in [0.2, 0.25) is 0 Å². The first-order valence-electron chi connectivity index (χ1n) is 5.97. The zero-order valence-corrected chi connectivity index (χ0v) is 9.98. The summed E-state index contributed by atoms with van der Waals surface area (Å²) in [5.74, 6) is 0. The average molecular weight is 214 g/mol. The average Bonchev–Trinajstić information content (AvgIpc) is 2.74. The zero-order chi connectivity index (χ0) is 11.4. The molecule has 0 aliphatic heterocycles. The Morgan fingerprint density at radius 2 is 1.88 bits per heavy atom. The molecule has 1 aromatic heterocycles. The van der Waals surface area contributed by atoms with Gasteiger partial charge < -0.3 is 0 Å². The van der Waals surface area contributed by atoms with Gasteiger partial charge in [0.1, 0.15) is 0 Å². The summed E-state index contributed by atoms with van der Waals surface area (Å²) in [6.07, 6.45) is 2.27. The fraction of sp³-hybridized carbons (Fsp3) is 0.357. The van der Waals surface area contributed by atoms with E-state index in [2.05, 4.69) is 54.0 Å². The van der Waals surface area contributed by atoms with Crippen LogP contribution in [0.5, 0.6) is 0 Å². The molecule has 0 N–H and O–H groups in total. The predicted molar refractivity (Wildman–Crippen MR) is 67.3 cm³/mol. The first-order chi connectivity index (χ1) is 7.85. The van der Waals surface area contributed by atoms with Crippen molar-refractivity contribution < 1.29 is 0 Å². The molecule has 16 heavy (non-hydrogen) atoms. The second-order valence-corrected chi connectivity index (χ2v) is 3.95. The highest BCUT2D eigenvalue weighted by atomic mass is 15.3. The molecule has 0 saturated carbocycles. The Morgan fingerprint density at radius 3 is 2.50 bits per heavy atom. The smallest absolute Gasteiger partial charge is 0.0926 e. The van der Waals surface area contributed by atoms with E-state index in [1.54, 1.807) is 0 Å². The highest BCUT2D eigenvalue weighted by molar-refractivity contribution is 5.59. The van der Waals surface area contributed by atoms with Crippen LogP contribution in [0.1, 0.15) is 26.0 Å². The third kappa shape index (κ3) is 2.16. The molecule has 1 aromatic carbocycles. The number of hydrogen-bond acceptors (Lipinski definition) is 1. The summed E-state index contributed by atoms with van der Waals surface area (Å²) in [6.45, 7) is 5.29. The van der Waals surface area contributed by atoms with E-state index in [4.69, 9.17) is 0 Å². The molecule has 0 aliphatic carbocycles. The lowest BCUT2D eigenvalue weighted by molar-refractivity contribution is 0.617. The van der Waals surface area contributed by atoms with Crippen molar-refractivity contribution in [1.82, 2.24) is 9.78 Å². The van der Waals surface area contributed by atoms with Crippen LogP contribution in [0.15, 0.2) is 36.4 Å². The predicted octanol–water partition coefficient (Wildman–Crippen LogP) is 3.52. The molecular formula is C14H18N2. The van der Waals surface area contributed by atoms with Crippen LogP contribution in [0.2, 0.25) is 0 Å². The molecular weight excluding hydrogens is 196 g/mol. The fourth-order valence-corrected chi connectivity index (χ4v) is 1.94. The number of nitrogens with zero attached hydrogens (tertiary/aromatic N) is 2. The van der Waals surface area contributed by atoms with Gasteiger partial charge in [0, 0.05) is 17.8 Å².